The maximum absolute atomic E-state index is 13.5. The Kier molecular flexibility index (Phi) is 5.24. The molecular weight excluding hydrogens is 409 g/mol. The first-order valence-electron chi connectivity index (χ1n) is 10.2. The van der Waals surface area contributed by atoms with E-state index in [1.165, 1.54) is 12.1 Å². The van der Waals surface area contributed by atoms with E-state index in [1.54, 1.807) is 25.4 Å². The summed E-state index contributed by atoms with van der Waals surface area (Å²) in [6, 6.07) is 12.2. The lowest BCUT2D eigenvalue weighted by Crippen LogP contribution is -2.47. The molecule has 0 spiro atoms. The molecule has 0 saturated carbocycles. The van der Waals surface area contributed by atoms with Crippen LogP contribution in [0.1, 0.15) is 11.6 Å². The van der Waals surface area contributed by atoms with E-state index in [2.05, 4.69) is 29.4 Å². The quantitative estimate of drug-likeness (QED) is 0.501. The van der Waals surface area contributed by atoms with Gasteiger partial charge >= 0.3 is 0 Å². The molecule has 1 aromatic carbocycles. The number of rotatable bonds is 6. The number of anilines is 1. The Morgan fingerprint density at radius 3 is 2.56 bits per heavy atom. The number of pyridine rings is 1. The van der Waals surface area contributed by atoms with Crippen molar-refractivity contribution in [3.05, 3.63) is 72.6 Å². The summed E-state index contributed by atoms with van der Waals surface area (Å²) in [6.07, 6.45) is 5.29. The zero-order valence-corrected chi connectivity index (χ0v) is 17.5. The first-order chi connectivity index (χ1) is 15.6. The standard InChI is InChI=1S/C23H22FN7O/c1-32-20-7-2-15(10-27-20)11-30-12-18(13-30)31-14-28-21(16-3-5-17(24)6-4-16)22(31)19-8-9-26-23(25)29-19/h2-10,14,18H,11-13H2,1H3,(H2,25,26,29). The largest absolute Gasteiger partial charge is 0.481 e. The van der Waals surface area contributed by atoms with E-state index in [9.17, 15) is 4.39 Å². The van der Waals surface area contributed by atoms with Crippen LogP contribution in [0.4, 0.5) is 10.3 Å². The van der Waals surface area contributed by atoms with E-state index in [1.807, 2.05) is 30.7 Å². The summed E-state index contributed by atoms with van der Waals surface area (Å²) in [6.45, 7) is 2.53. The summed E-state index contributed by atoms with van der Waals surface area (Å²) in [5.41, 5.74) is 10.1. The highest BCUT2D eigenvalue weighted by Gasteiger charge is 2.31. The predicted octanol–water partition coefficient (Wildman–Crippen LogP) is 3.19. The number of benzene rings is 1. The van der Waals surface area contributed by atoms with Gasteiger partial charge in [-0.15, -0.1) is 0 Å². The second-order valence-electron chi connectivity index (χ2n) is 7.71. The van der Waals surface area contributed by atoms with Gasteiger partial charge in [0, 0.05) is 43.7 Å². The third-order valence-corrected chi connectivity index (χ3v) is 5.57. The van der Waals surface area contributed by atoms with Crippen LogP contribution in [0, 0.1) is 5.82 Å². The molecule has 1 fully saturated rings. The van der Waals surface area contributed by atoms with Crippen molar-refractivity contribution in [3.63, 3.8) is 0 Å². The second kappa shape index (κ2) is 8.35. The van der Waals surface area contributed by atoms with Crippen LogP contribution in [0.15, 0.2) is 61.2 Å². The van der Waals surface area contributed by atoms with E-state index in [4.69, 9.17) is 10.5 Å². The third kappa shape index (κ3) is 3.90. The van der Waals surface area contributed by atoms with Gasteiger partial charge in [-0.3, -0.25) is 4.90 Å². The molecule has 0 radical (unpaired) electrons. The van der Waals surface area contributed by atoms with Crippen LogP contribution in [-0.4, -0.2) is 49.6 Å². The van der Waals surface area contributed by atoms with Crippen molar-refractivity contribution in [2.45, 2.75) is 12.6 Å². The highest BCUT2D eigenvalue weighted by Crippen LogP contribution is 2.35. The average molecular weight is 431 g/mol. The lowest BCUT2D eigenvalue weighted by molar-refractivity contribution is 0.0996. The number of hydrogen-bond acceptors (Lipinski definition) is 7. The van der Waals surface area contributed by atoms with Gasteiger partial charge < -0.3 is 15.0 Å². The van der Waals surface area contributed by atoms with E-state index in [-0.39, 0.29) is 17.8 Å². The first kappa shape index (κ1) is 20.1. The molecule has 0 bridgehead atoms. The minimum absolute atomic E-state index is 0.197. The first-order valence-corrected chi connectivity index (χ1v) is 10.2. The van der Waals surface area contributed by atoms with Crippen molar-refractivity contribution in [2.24, 2.45) is 0 Å². The molecule has 4 aromatic rings. The molecule has 162 valence electrons. The fourth-order valence-corrected chi connectivity index (χ4v) is 3.95. The van der Waals surface area contributed by atoms with Crippen molar-refractivity contribution < 1.29 is 9.13 Å². The molecule has 32 heavy (non-hydrogen) atoms. The van der Waals surface area contributed by atoms with E-state index < -0.39 is 0 Å². The number of methoxy groups -OCH3 is 1. The fraction of sp³-hybridized carbons (Fsp3) is 0.217. The molecule has 1 saturated heterocycles. The molecule has 1 aliphatic heterocycles. The van der Waals surface area contributed by atoms with Crippen molar-refractivity contribution in [1.29, 1.82) is 0 Å². The van der Waals surface area contributed by atoms with Crippen molar-refractivity contribution in [1.82, 2.24) is 29.4 Å². The zero-order valence-electron chi connectivity index (χ0n) is 17.5. The van der Waals surface area contributed by atoms with Gasteiger partial charge in [-0.2, -0.15) is 0 Å². The molecule has 0 unspecified atom stereocenters. The molecular formula is C23H22FN7O. The summed E-state index contributed by atoms with van der Waals surface area (Å²) >= 11 is 0. The van der Waals surface area contributed by atoms with Gasteiger partial charge in [-0.25, -0.2) is 24.3 Å². The van der Waals surface area contributed by atoms with Gasteiger partial charge in [0.15, 0.2) is 0 Å². The minimum Gasteiger partial charge on any atom is -0.481 e. The van der Waals surface area contributed by atoms with Crippen LogP contribution in [-0.2, 0) is 6.54 Å². The van der Waals surface area contributed by atoms with E-state index in [0.29, 0.717) is 11.6 Å². The van der Waals surface area contributed by atoms with Crippen LogP contribution in [0.2, 0.25) is 0 Å². The SMILES string of the molecule is COc1ccc(CN2CC(n3cnc(-c4ccc(F)cc4)c3-c3ccnc(N)n3)C2)cn1. The van der Waals surface area contributed by atoms with Gasteiger partial charge in [0.2, 0.25) is 11.8 Å². The van der Waals surface area contributed by atoms with Gasteiger partial charge in [-0.05, 0) is 35.9 Å². The molecule has 0 amide bonds. The van der Waals surface area contributed by atoms with Crippen molar-refractivity contribution in [3.8, 4) is 28.5 Å². The zero-order chi connectivity index (χ0) is 22.1. The smallest absolute Gasteiger partial charge is 0.220 e. The molecule has 1 aliphatic rings. The normalized spacial score (nSPS) is 14.3. The minimum atomic E-state index is -0.288. The number of likely N-dealkylation sites (tertiary alicyclic amines) is 1. The maximum Gasteiger partial charge on any atom is 0.220 e. The van der Waals surface area contributed by atoms with Gasteiger partial charge in [0.1, 0.15) is 5.82 Å². The number of imidazole rings is 1. The lowest BCUT2D eigenvalue weighted by Gasteiger charge is -2.40. The van der Waals surface area contributed by atoms with Crippen LogP contribution in [0.3, 0.4) is 0 Å². The molecule has 2 N–H and O–H groups in total. The Morgan fingerprint density at radius 1 is 1.06 bits per heavy atom. The van der Waals surface area contributed by atoms with Crippen LogP contribution in [0.25, 0.3) is 22.6 Å². The Balaban J connectivity index is 1.41. The topological polar surface area (TPSA) is 95.0 Å². The summed E-state index contributed by atoms with van der Waals surface area (Å²) in [5, 5.41) is 0. The summed E-state index contributed by atoms with van der Waals surface area (Å²) in [4.78, 5) is 19.7. The third-order valence-electron chi connectivity index (χ3n) is 5.57. The number of nitrogen functional groups attached to an aromatic ring is 1. The number of ether oxygens (including phenoxy) is 1. The summed E-state index contributed by atoms with van der Waals surface area (Å²) in [7, 11) is 1.61. The second-order valence-corrected chi connectivity index (χ2v) is 7.71. The molecule has 5 rings (SSSR count). The summed E-state index contributed by atoms with van der Waals surface area (Å²) in [5.74, 6) is 0.516. The van der Waals surface area contributed by atoms with E-state index >= 15 is 0 Å². The lowest BCUT2D eigenvalue weighted by atomic mass is 10.0. The fourth-order valence-electron chi connectivity index (χ4n) is 3.95. The van der Waals surface area contributed by atoms with Gasteiger partial charge in [0.25, 0.3) is 0 Å². The monoisotopic (exact) mass is 431 g/mol. The van der Waals surface area contributed by atoms with Gasteiger partial charge in [-0.1, -0.05) is 6.07 Å². The number of halogens is 1. The van der Waals surface area contributed by atoms with Crippen molar-refractivity contribution in [2.75, 3.05) is 25.9 Å². The molecule has 3 aromatic heterocycles. The summed E-state index contributed by atoms with van der Waals surface area (Å²) < 4.78 is 20.7. The Bertz CT molecular complexity index is 1220. The number of hydrogen-bond donors (Lipinski definition) is 1. The molecule has 8 nitrogen and oxygen atoms in total. The Labute approximate surface area is 184 Å². The molecule has 9 heteroatoms. The average Bonchev–Trinajstić information content (AvgIpc) is 3.21. The highest BCUT2D eigenvalue weighted by atomic mass is 19.1. The number of nitrogens with two attached hydrogens (primary N) is 1. The predicted molar refractivity (Wildman–Crippen MR) is 118 cm³/mol. The number of nitrogens with zero attached hydrogens (tertiary/aromatic N) is 6. The molecule has 4 heterocycles. The molecule has 0 atom stereocenters. The number of aromatic nitrogens is 5. The van der Waals surface area contributed by atoms with Crippen LogP contribution < -0.4 is 10.5 Å². The maximum atomic E-state index is 13.5. The van der Waals surface area contributed by atoms with Crippen molar-refractivity contribution >= 4 is 5.95 Å². The van der Waals surface area contributed by atoms with Gasteiger partial charge in [0.05, 0.1) is 36.6 Å². The van der Waals surface area contributed by atoms with Crippen LogP contribution in [0.5, 0.6) is 5.88 Å². The Hall–Kier alpha value is -3.85. The Morgan fingerprint density at radius 2 is 1.88 bits per heavy atom. The molecule has 0 aliphatic carbocycles. The van der Waals surface area contributed by atoms with Crippen LogP contribution >= 0.6 is 0 Å². The highest BCUT2D eigenvalue weighted by molar-refractivity contribution is 5.77. The van der Waals surface area contributed by atoms with E-state index in [0.717, 1.165) is 42.1 Å².